The predicted molar refractivity (Wildman–Crippen MR) is 65.8 cm³/mol. The van der Waals surface area contributed by atoms with Gasteiger partial charge in [-0.1, -0.05) is 6.92 Å². The highest BCUT2D eigenvalue weighted by atomic mass is 16.4. The maximum absolute atomic E-state index is 11.7. The van der Waals surface area contributed by atoms with E-state index in [1.807, 2.05) is 11.8 Å². The number of rotatable bonds is 4. The van der Waals surface area contributed by atoms with Crippen LogP contribution in [0.25, 0.3) is 0 Å². The van der Waals surface area contributed by atoms with E-state index in [1.165, 1.54) is 0 Å². The first-order valence-corrected chi connectivity index (χ1v) is 6.48. The van der Waals surface area contributed by atoms with Gasteiger partial charge < -0.3 is 9.32 Å². The Morgan fingerprint density at radius 3 is 2.56 bits per heavy atom. The van der Waals surface area contributed by atoms with E-state index in [0.29, 0.717) is 24.7 Å². The highest BCUT2D eigenvalue weighted by Crippen LogP contribution is 2.09. The number of amides is 1. The van der Waals surface area contributed by atoms with Gasteiger partial charge in [-0.15, -0.1) is 10.2 Å². The minimum Gasteiger partial charge on any atom is -0.424 e. The Balaban J connectivity index is 1.78. The number of aromatic nitrogens is 2. The van der Waals surface area contributed by atoms with Crippen LogP contribution in [0.1, 0.15) is 31.5 Å². The summed E-state index contributed by atoms with van der Waals surface area (Å²) in [6.45, 7) is 7.84. The lowest BCUT2D eigenvalue weighted by Gasteiger charge is -2.34. The van der Waals surface area contributed by atoms with E-state index >= 15 is 0 Å². The maximum atomic E-state index is 11.7. The van der Waals surface area contributed by atoms with Crippen molar-refractivity contribution in [2.24, 2.45) is 0 Å². The molecule has 2 rings (SSSR count). The zero-order valence-corrected chi connectivity index (χ0v) is 11.1. The van der Waals surface area contributed by atoms with Crippen LogP contribution in [0, 0.1) is 6.92 Å². The molecular weight excluding hydrogens is 232 g/mol. The van der Waals surface area contributed by atoms with Crippen LogP contribution in [0.15, 0.2) is 4.42 Å². The summed E-state index contributed by atoms with van der Waals surface area (Å²) < 4.78 is 5.35. The normalized spacial score (nSPS) is 17.1. The van der Waals surface area contributed by atoms with Crippen LogP contribution in [0.4, 0.5) is 0 Å². The smallest absolute Gasteiger partial charge is 0.230 e. The van der Waals surface area contributed by atoms with E-state index in [2.05, 4.69) is 15.1 Å². The largest absolute Gasteiger partial charge is 0.424 e. The fraction of sp³-hybridized carbons (Fsp3) is 0.750. The molecule has 2 heterocycles. The first-order valence-electron chi connectivity index (χ1n) is 6.48. The van der Waals surface area contributed by atoms with Gasteiger partial charge in [0, 0.05) is 39.5 Å². The molecule has 0 saturated carbocycles. The third-order valence-electron chi connectivity index (χ3n) is 3.12. The van der Waals surface area contributed by atoms with Crippen molar-refractivity contribution in [1.29, 1.82) is 0 Å². The fourth-order valence-electron chi connectivity index (χ4n) is 2.12. The number of nitrogens with zero attached hydrogens (tertiary/aromatic N) is 4. The Kier molecular flexibility index (Phi) is 4.30. The Hall–Kier alpha value is -1.43. The van der Waals surface area contributed by atoms with E-state index in [9.17, 15) is 4.79 Å². The topological polar surface area (TPSA) is 62.5 Å². The van der Waals surface area contributed by atoms with Crippen molar-refractivity contribution in [3.8, 4) is 0 Å². The van der Waals surface area contributed by atoms with Gasteiger partial charge in [-0.25, -0.2) is 0 Å². The zero-order chi connectivity index (χ0) is 13.0. The summed E-state index contributed by atoms with van der Waals surface area (Å²) in [5.41, 5.74) is 0. The number of hydrogen-bond donors (Lipinski definition) is 0. The minimum atomic E-state index is 0.269. The molecule has 0 N–H and O–H groups in total. The molecule has 1 saturated heterocycles. The van der Waals surface area contributed by atoms with Crippen LogP contribution in [-0.4, -0.2) is 52.1 Å². The van der Waals surface area contributed by atoms with Gasteiger partial charge in [0.1, 0.15) is 0 Å². The minimum absolute atomic E-state index is 0.269. The molecule has 1 aliphatic heterocycles. The van der Waals surface area contributed by atoms with Crippen molar-refractivity contribution in [2.75, 3.05) is 26.2 Å². The highest BCUT2D eigenvalue weighted by molar-refractivity contribution is 5.76. The second-order valence-corrected chi connectivity index (χ2v) is 4.62. The lowest BCUT2D eigenvalue weighted by atomic mass is 10.2. The molecule has 18 heavy (non-hydrogen) atoms. The lowest BCUT2D eigenvalue weighted by molar-refractivity contribution is -0.133. The first kappa shape index (κ1) is 13.0. The summed E-state index contributed by atoms with van der Waals surface area (Å²) in [4.78, 5) is 15.9. The SMILES string of the molecule is CCCC(=O)N1CCN(Cc2nnc(C)o2)CC1. The number of carbonyl (C=O) groups excluding carboxylic acids is 1. The third-order valence-corrected chi connectivity index (χ3v) is 3.12. The average molecular weight is 252 g/mol. The van der Waals surface area contributed by atoms with E-state index in [0.717, 1.165) is 32.6 Å². The number of carbonyl (C=O) groups is 1. The van der Waals surface area contributed by atoms with Crippen LogP contribution >= 0.6 is 0 Å². The first-order chi connectivity index (χ1) is 8.69. The molecule has 1 aromatic rings. The second-order valence-electron chi connectivity index (χ2n) is 4.62. The second kappa shape index (κ2) is 5.95. The van der Waals surface area contributed by atoms with Crippen molar-refractivity contribution >= 4 is 5.91 Å². The van der Waals surface area contributed by atoms with E-state index < -0.39 is 0 Å². The summed E-state index contributed by atoms with van der Waals surface area (Å²) in [7, 11) is 0. The van der Waals surface area contributed by atoms with Gasteiger partial charge in [-0.3, -0.25) is 9.69 Å². The van der Waals surface area contributed by atoms with Gasteiger partial charge in [-0.05, 0) is 6.42 Å². The molecule has 0 spiro atoms. The van der Waals surface area contributed by atoms with Crippen LogP contribution in [0.5, 0.6) is 0 Å². The molecule has 0 aliphatic carbocycles. The molecule has 100 valence electrons. The molecule has 0 radical (unpaired) electrons. The van der Waals surface area contributed by atoms with Gasteiger partial charge >= 0.3 is 0 Å². The molecule has 0 bridgehead atoms. The summed E-state index contributed by atoms with van der Waals surface area (Å²) >= 11 is 0. The Labute approximate surface area is 107 Å². The molecule has 6 nitrogen and oxygen atoms in total. The van der Waals surface area contributed by atoms with Crippen LogP contribution in [0.2, 0.25) is 0 Å². The fourth-order valence-corrected chi connectivity index (χ4v) is 2.12. The quantitative estimate of drug-likeness (QED) is 0.794. The van der Waals surface area contributed by atoms with Crippen molar-refractivity contribution in [1.82, 2.24) is 20.0 Å². The molecule has 1 amide bonds. The maximum Gasteiger partial charge on any atom is 0.230 e. The molecule has 6 heteroatoms. The molecule has 0 unspecified atom stereocenters. The molecule has 0 atom stereocenters. The molecule has 1 aliphatic rings. The Morgan fingerprint density at radius 2 is 2.00 bits per heavy atom. The van der Waals surface area contributed by atoms with Gasteiger partial charge in [0.2, 0.25) is 17.7 Å². The summed E-state index contributed by atoms with van der Waals surface area (Å²) in [6.07, 6.45) is 1.57. The van der Waals surface area contributed by atoms with Crippen LogP contribution in [-0.2, 0) is 11.3 Å². The van der Waals surface area contributed by atoms with Crippen molar-refractivity contribution in [3.05, 3.63) is 11.8 Å². The number of aryl methyl sites for hydroxylation is 1. The van der Waals surface area contributed by atoms with Crippen LogP contribution < -0.4 is 0 Å². The highest BCUT2D eigenvalue weighted by Gasteiger charge is 2.21. The van der Waals surface area contributed by atoms with Gasteiger partial charge in [0.25, 0.3) is 0 Å². The number of hydrogen-bond acceptors (Lipinski definition) is 5. The molecule has 1 aromatic heterocycles. The van der Waals surface area contributed by atoms with Crippen molar-refractivity contribution < 1.29 is 9.21 Å². The predicted octanol–water partition coefficient (Wildman–Crippen LogP) is 0.822. The molecule has 0 aromatic carbocycles. The monoisotopic (exact) mass is 252 g/mol. The van der Waals surface area contributed by atoms with Gasteiger partial charge in [0.15, 0.2) is 0 Å². The van der Waals surface area contributed by atoms with E-state index in [4.69, 9.17) is 4.42 Å². The van der Waals surface area contributed by atoms with E-state index in [1.54, 1.807) is 6.92 Å². The van der Waals surface area contributed by atoms with Gasteiger partial charge in [-0.2, -0.15) is 0 Å². The standard InChI is InChI=1S/C12H20N4O2/c1-3-4-12(17)16-7-5-15(6-8-16)9-11-14-13-10(2)18-11/h3-9H2,1-2H3. The van der Waals surface area contributed by atoms with Crippen molar-refractivity contribution in [3.63, 3.8) is 0 Å². The van der Waals surface area contributed by atoms with Crippen molar-refractivity contribution in [2.45, 2.75) is 33.2 Å². The lowest BCUT2D eigenvalue weighted by Crippen LogP contribution is -2.48. The Morgan fingerprint density at radius 1 is 1.28 bits per heavy atom. The molecular formula is C12H20N4O2. The zero-order valence-electron chi connectivity index (χ0n) is 11.1. The summed E-state index contributed by atoms with van der Waals surface area (Å²) in [5.74, 6) is 1.52. The summed E-state index contributed by atoms with van der Waals surface area (Å²) in [6, 6.07) is 0. The third kappa shape index (κ3) is 3.29. The molecule has 1 fully saturated rings. The summed E-state index contributed by atoms with van der Waals surface area (Å²) in [5, 5.41) is 7.80. The number of piperazine rings is 1. The van der Waals surface area contributed by atoms with Gasteiger partial charge in [0.05, 0.1) is 6.54 Å². The van der Waals surface area contributed by atoms with Crippen LogP contribution in [0.3, 0.4) is 0 Å². The average Bonchev–Trinajstić information content (AvgIpc) is 2.76. The van der Waals surface area contributed by atoms with E-state index in [-0.39, 0.29) is 5.91 Å². The Bertz CT molecular complexity index is 397.